The lowest BCUT2D eigenvalue weighted by molar-refractivity contribution is -0.156. The number of carbonyl (C=O) groups excluding carboxylic acids is 2. The number of amides is 2. The van der Waals surface area contributed by atoms with Gasteiger partial charge in [-0.05, 0) is 32.3 Å². The lowest BCUT2D eigenvalue weighted by Crippen LogP contribution is -2.69. The van der Waals surface area contributed by atoms with Crippen LogP contribution in [0, 0.1) is 0 Å². The van der Waals surface area contributed by atoms with Crippen molar-refractivity contribution in [3.05, 3.63) is 35.9 Å². The van der Waals surface area contributed by atoms with E-state index in [9.17, 15) is 9.59 Å². The molecule has 0 bridgehead atoms. The number of hydrogen-bond acceptors (Lipinski definition) is 2. The van der Waals surface area contributed by atoms with Crippen LogP contribution in [0.4, 0.5) is 0 Å². The first kappa shape index (κ1) is 14.1. The Morgan fingerprint density at radius 2 is 1.81 bits per heavy atom. The third kappa shape index (κ3) is 2.23. The smallest absolute Gasteiger partial charge is 0.249 e. The second kappa shape index (κ2) is 5.17. The molecule has 2 aliphatic rings. The molecule has 0 aromatic heterocycles. The average Bonchev–Trinajstić information content (AvgIpc) is 2.96. The topological polar surface area (TPSA) is 49.4 Å². The molecule has 1 saturated heterocycles. The second-order valence-electron chi connectivity index (χ2n) is 6.25. The summed E-state index contributed by atoms with van der Waals surface area (Å²) in [4.78, 5) is 27.2. The Balaban J connectivity index is 1.95. The lowest BCUT2D eigenvalue weighted by Gasteiger charge is -2.46. The fraction of sp³-hybridized carbons (Fsp3) is 0.529. The van der Waals surface area contributed by atoms with E-state index in [1.54, 1.807) is 4.90 Å². The highest BCUT2D eigenvalue weighted by molar-refractivity contribution is 6.00. The summed E-state index contributed by atoms with van der Waals surface area (Å²) in [5, 5.41) is 3.00. The summed E-state index contributed by atoms with van der Waals surface area (Å²) in [6.45, 7) is 3.82. The molecule has 1 aromatic rings. The van der Waals surface area contributed by atoms with Gasteiger partial charge in [0.25, 0.3) is 0 Å². The van der Waals surface area contributed by atoms with E-state index in [-0.39, 0.29) is 17.9 Å². The highest BCUT2D eigenvalue weighted by Crippen LogP contribution is 2.37. The predicted molar refractivity (Wildman–Crippen MR) is 80.5 cm³/mol. The number of rotatable bonds is 2. The van der Waals surface area contributed by atoms with E-state index in [0.717, 1.165) is 31.2 Å². The van der Waals surface area contributed by atoms with Crippen LogP contribution in [0.1, 0.15) is 51.1 Å². The van der Waals surface area contributed by atoms with Crippen LogP contribution in [0.5, 0.6) is 0 Å². The standard InChI is InChI=1S/C17H22N2O2/c1-12(14-8-4-3-5-9-14)19-13(2)15(20)18-17(16(19)21)10-6-7-11-17/h3-5,8-9,12-13H,6-7,10-11H2,1-2H3,(H,18,20). The van der Waals surface area contributed by atoms with Crippen LogP contribution in [0.3, 0.4) is 0 Å². The van der Waals surface area contributed by atoms with Gasteiger partial charge in [-0.3, -0.25) is 9.59 Å². The van der Waals surface area contributed by atoms with Gasteiger partial charge in [0.05, 0.1) is 6.04 Å². The van der Waals surface area contributed by atoms with Gasteiger partial charge in [-0.25, -0.2) is 0 Å². The van der Waals surface area contributed by atoms with Crippen molar-refractivity contribution < 1.29 is 9.59 Å². The molecule has 4 heteroatoms. The van der Waals surface area contributed by atoms with Crippen molar-refractivity contribution >= 4 is 11.8 Å². The average molecular weight is 286 g/mol. The molecule has 0 radical (unpaired) electrons. The third-order valence-corrected chi connectivity index (χ3v) is 4.96. The van der Waals surface area contributed by atoms with E-state index in [1.165, 1.54) is 0 Å². The van der Waals surface area contributed by atoms with Crippen molar-refractivity contribution in [1.29, 1.82) is 0 Å². The minimum Gasteiger partial charge on any atom is -0.340 e. The summed E-state index contributed by atoms with van der Waals surface area (Å²) in [5.41, 5.74) is 0.424. The molecule has 2 unspecified atom stereocenters. The monoisotopic (exact) mass is 286 g/mol. The Morgan fingerprint density at radius 3 is 2.43 bits per heavy atom. The van der Waals surface area contributed by atoms with Gasteiger partial charge in [-0.15, -0.1) is 0 Å². The van der Waals surface area contributed by atoms with Crippen molar-refractivity contribution in [2.45, 2.75) is 57.2 Å². The summed E-state index contributed by atoms with van der Waals surface area (Å²) in [6, 6.07) is 9.42. The van der Waals surface area contributed by atoms with Gasteiger partial charge in [0, 0.05) is 0 Å². The Labute approximate surface area is 125 Å². The van der Waals surface area contributed by atoms with Crippen LogP contribution in [-0.2, 0) is 9.59 Å². The quantitative estimate of drug-likeness (QED) is 0.907. The zero-order valence-electron chi connectivity index (χ0n) is 12.6. The molecule has 1 heterocycles. The minimum atomic E-state index is -0.646. The van der Waals surface area contributed by atoms with E-state index < -0.39 is 11.6 Å². The van der Waals surface area contributed by atoms with Crippen LogP contribution in [0.25, 0.3) is 0 Å². The fourth-order valence-electron chi connectivity index (χ4n) is 3.66. The number of nitrogens with one attached hydrogen (secondary N) is 1. The number of nitrogens with zero attached hydrogens (tertiary/aromatic N) is 1. The van der Waals surface area contributed by atoms with Crippen molar-refractivity contribution in [3.8, 4) is 0 Å². The molecular formula is C17H22N2O2. The molecule has 4 nitrogen and oxygen atoms in total. The molecule has 21 heavy (non-hydrogen) atoms. The Hall–Kier alpha value is -1.84. The van der Waals surface area contributed by atoms with Crippen molar-refractivity contribution in [1.82, 2.24) is 10.2 Å². The molecule has 2 fully saturated rings. The second-order valence-corrected chi connectivity index (χ2v) is 6.25. The van der Waals surface area contributed by atoms with E-state index in [2.05, 4.69) is 5.32 Å². The highest BCUT2D eigenvalue weighted by atomic mass is 16.2. The normalized spacial score (nSPS) is 26.0. The first-order chi connectivity index (χ1) is 10.1. The summed E-state index contributed by atoms with van der Waals surface area (Å²) in [6.07, 6.45) is 3.55. The van der Waals surface area contributed by atoms with Gasteiger partial charge in [0.1, 0.15) is 11.6 Å². The van der Waals surface area contributed by atoms with E-state index in [1.807, 2.05) is 44.2 Å². The zero-order valence-corrected chi connectivity index (χ0v) is 12.6. The molecule has 1 saturated carbocycles. The molecule has 2 atom stereocenters. The largest absolute Gasteiger partial charge is 0.340 e. The van der Waals surface area contributed by atoms with Gasteiger partial charge in [-0.1, -0.05) is 43.2 Å². The molecule has 1 aliphatic carbocycles. The van der Waals surface area contributed by atoms with Crippen molar-refractivity contribution in [2.24, 2.45) is 0 Å². The Bertz CT molecular complexity index is 549. The van der Waals surface area contributed by atoms with Gasteiger partial charge < -0.3 is 10.2 Å². The molecular weight excluding hydrogens is 264 g/mol. The molecule has 1 aliphatic heterocycles. The summed E-state index contributed by atoms with van der Waals surface area (Å²) in [7, 11) is 0. The van der Waals surface area contributed by atoms with E-state index in [0.29, 0.717) is 0 Å². The number of carbonyl (C=O) groups is 2. The van der Waals surface area contributed by atoms with E-state index >= 15 is 0 Å². The zero-order chi connectivity index (χ0) is 15.0. The molecule has 1 aromatic carbocycles. The van der Waals surface area contributed by atoms with Crippen LogP contribution < -0.4 is 5.32 Å². The molecule has 1 spiro atoms. The van der Waals surface area contributed by atoms with Gasteiger partial charge in [0.15, 0.2) is 0 Å². The maximum atomic E-state index is 13.0. The van der Waals surface area contributed by atoms with Crippen molar-refractivity contribution in [3.63, 3.8) is 0 Å². The number of benzene rings is 1. The summed E-state index contributed by atoms with van der Waals surface area (Å²) < 4.78 is 0. The molecule has 112 valence electrons. The van der Waals surface area contributed by atoms with Crippen LogP contribution >= 0.6 is 0 Å². The maximum absolute atomic E-state index is 13.0. The van der Waals surface area contributed by atoms with Crippen LogP contribution in [0.15, 0.2) is 30.3 Å². The Kier molecular flexibility index (Phi) is 3.47. The van der Waals surface area contributed by atoms with Gasteiger partial charge in [0.2, 0.25) is 11.8 Å². The Morgan fingerprint density at radius 1 is 1.19 bits per heavy atom. The predicted octanol–water partition coefficient (Wildman–Crippen LogP) is 2.41. The SMILES string of the molecule is CC1C(=O)NC2(CCCC2)C(=O)N1C(C)c1ccccc1. The van der Waals surface area contributed by atoms with E-state index in [4.69, 9.17) is 0 Å². The molecule has 3 rings (SSSR count). The summed E-state index contributed by atoms with van der Waals surface area (Å²) in [5.74, 6) is 0.0581. The number of piperazine rings is 1. The molecule has 1 N–H and O–H groups in total. The lowest BCUT2D eigenvalue weighted by atomic mass is 9.89. The minimum absolute atomic E-state index is 0.0284. The summed E-state index contributed by atoms with van der Waals surface area (Å²) >= 11 is 0. The number of hydrogen-bond donors (Lipinski definition) is 1. The maximum Gasteiger partial charge on any atom is 0.249 e. The van der Waals surface area contributed by atoms with Crippen molar-refractivity contribution in [2.75, 3.05) is 0 Å². The first-order valence-electron chi connectivity index (χ1n) is 7.75. The molecule has 2 amide bonds. The van der Waals surface area contributed by atoms with Crippen LogP contribution in [0.2, 0.25) is 0 Å². The van der Waals surface area contributed by atoms with Gasteiger partial charge in [-0.2, -0.15) is 0 Å². The van der Waals surface area contributed by atoms with Gasteiger partial charge >= 0.3 is 0 Å². The third-order valence-electron chi connectivity index (χ3n) is 4.96. The van der Waals surface area contributed by atoms with Crippen LogP contribution in [-0.4, -0.2) is 28.3 Å². The highest BCUT2D eigenvalue weighted by Gasteiger charge is 2.52. The first-order valence-corrected chi connectivity index (χ1v) is 7.75. The fourth-order valence-corrected chi connectivity index (χ4v) is 3.66.